The number of nitrogens with two attached hydrogens (primary N) is 1. The van der Waals surface area contributed by atoms with E-state index < -0.39 is 0 Å². The number of rotatable bonds is 3. The summed E-state index contributed by atoms with van der Waals surface area (Å²) >= 11 is 0. The van der Waals surface area contributed by atoms with Gasteiger partial charge in [0, 0.05) is 6.54 Å². The van der Waals surface area contributed by atoms with Gasteiger partial charge in [0.2, 0.25) is 0 Å². The Morgan fingerprint density at radius 3 is 2.53 bits per heavy atom. The second kappa shape index (κ2) is 5.83. The van der Waals surface area contributed by atoms with Crippen molar-refractivity contribution in [3.63, 3.8) is 0 Å². The summed E-state index contributed by atoms with van der Waals surface area (Å²) in [6.45, 7) is 4.45. The Bertz CT molecular complexity index is 170. The third-order valence-electron chi connectivity index (χ3n) is 3.86. The predicted octanol–water partition coefficient (Wildman–Crippen LogP) is 1.16. The zero-order valence-electron chi connectivity index (χ0n) is 9.70. The number of hydrogen-bond acceptors (Lipinski definition) is 2. The highest BCUT2D eigenvalue weighted by atomic mass is 15.3. The van der Waals surface area contributed by atoms with Crippen LogP contribution in [0.15, 0.2) is 0 Å². The van der Waals surface area contributed by atoms with Crippen LogP contribution in [0.4, 0.5) is 0 Å². The summed E-state index contributed by atoms with van der Waals surface area (Å²) in [4.78, 5) is 2.59. The molecule has 1 unspecified atom stereocenters. The molecular formula is C12H24N3. The van der Waals surface area contributed by atoms with Gasteiger partial charge in [-0.05, 0) is 64.1 Å². The van der Waals surface area contributed by atoms with E-state index in [1.54, 1.807) is 0 Å². The van der Waals surface area contributed by atoms with Crippen molar-refractivity contribution in [1.29, 1.82) is 0 Å². The van der Waals surface area contributed by atoms with E-state index >= 15 is 0 Å². The van der Waals surface area contributed by atoms with E-state index in [1.807, 2.05) is 0 Å². The third kappa shape index (κ3) is 3.16. The fourth-order valence-electron chi connectivity index (χ4n) is 2.84. The second-order valence-electron chi connectivity index (χ2n) is 4.94. The van der Waals surface area contributed by atoms with Gasteiger partial charge in [-0.3, -0.25) is 4.90 Å². The fraction of sp³-hybridized carbons (Fsp3) is 1.00. The second-order valence-corrected chi connectivity index (χ2v) is 4.94. The monoisotopic (exact) mass is 210 g/mol. The maximum Gasteiger partial charge on any atom is 0.0760 e. The van der Waals surface area contributed by atoms with Crippen LogP contribution in [0, 0.1) is 5.92 Å². The first kappa shape index (κ1) is 11.4. The molecule has 0 aromatic rings. The summed E-state index contributed by atoms with van der Waals surface area (Å²) in [6, 6.07) is 0. The van der Waals surface area contributed by atoms with Gasteiger partial charge in [0.25, 0.3) is 0 Å². The van der Waals surface area contributed by atoms with Gasteiger partial charge in [-0.1, -0.05) is 0 Å². The maximum atomic E-state index is 5.60. The molecule has 2 heterocycles. The summed E-state index contributed by atoms with van der Waals surface area (Å²) < 4.78 is 0. The number of hydrogen-bond donors (Lipinski definition) is 1. The van der Waals surface area contributed by atoms with Crippen LogP contribution in [0.5, 0.6) is 0 Å². The first-order valence-electron chi connectivity index (χ1n) is 6.51. The van der Waals surface area contributed by atoms with E-state index in [-0.39, 0.29) is 0 Å². The summed E-state index contributed by atoms with van der Waals surface area (Å²) in [7, 11) is 0. The Morgan fingerprint density at radius 2 is 1.93 bits per heavy atom. The van der Waals surface area contributed by atoms with Crippen LogP contribution in [0.1, 0.15) is 38.5 Å². The van der Waals surface area contributed by atoms with Gasteiger partial charge in [0.15, 0.2) is 0 Å². The third-order valence-corrected chi connectivity index (χ3v) is 3.86. The van der Waals surface area contributed by atoms with Gasteiger partial charge >= 0.3 is 0 Å². The summed E-state index contributed by atoms with van der Waals surface area (Å²) in [5.41, 5.74) is 5.60. The standard InChI is InChI=1S/C12H24N3/c13-7-4-11-5-9-15(10-6-11)12-3-1-2-8-14-12/h11-12H,1-10,13H2. The van der Waals surface area contributed by atoms with Crippen LogP contribution < -0.4 is 11.1 Å². The molecule has 2 fully saturated rings. The molecular weight excluding hydrogens is 186 g/mol. The van der Waals surface area contributed by atoms with E-state index in [4.69, 9.17) is 11.1 Å². The Kier molecular flexibility index (Phi) is 4.42. The Balaban J connectivity index is 1.72. The van der Waals surface area contributed by atoms with E-state index in [9.17, 15) is 0 Å². The Morgan fingerprint density at radius 1 is 1.13 bits per heavy atom. The zero-order chi connectivity index (χ0) is 10.5. The molecule has 0 saturated carbocycles. The van der Waals surface area contributed by atoms with Crippen molar-refractivity contribution in [2.45, 2.75) is 44.7 Å². The molecule has 87 valence electrons. The zero-order valence-corrected chi connectivity index (χ0v) is 9.70. The summed E-state index contributed by atoms with van der Waals surface area (Å²) in [6.07, 6.45) is 8.42. The van der Waals surface area contributed by atoms with Crippen LogP contribution in [0.3, 0.4) is 0 Å². The van der Waals surface area contributed by atoms with E-state index in [0.29, 0.717) is 6.17 Å². The molecule has 2 aliphatic rings. The van der Waals surface area contributed by atoms with Gasteiger partial charge < -0.3 is 5.73 Å². The van der Waals surface area contributed by atoms with Gasteiger partial charge in [-0.2, -0.15) is 0 Å². The van der Waals surface area contributed by atoms with E-state index in [2.05, 4.69) is 4.90 Å². The van der Waals surface area contributed by atoms with Gasteiger partial charge in [0.05, 0.1) is 6.17 Å². The van der Waals surface area contributed by atoms with Crippen molar-refractivity contribution in [3.05, 3.63) is 0 Å². The molecule has 2 aliphatic heterocycles. The van der Waals surface area contributed by atoms with Crippen LogP contribution in [-0.4, -0.2) is 37.2 Å². The molecule has 1 radical (unpaired) electrons. The molecule has 0 aromatic heterocycles. The largest absolute Gasteiger partial charge is 0.330 e. The molecule has 3 heteroatoms. The lowest BCUT2D eigenvalue weighted by molar-refractivity contribution is 0.0887. The highest BCUT2D eigenvalue weighted by Crippen LogP contribution is 2.23. The summed E-state index contributed by atoms with van der Waals surface area (Å²) in [5.74, 6) is 0.884. The maximum absolute atomic E-state index is 5.60. The molecule has 3 nitrogen and oxygen atoms in total. The predicted molar refractivity (Wildman–Crippen MR) is 62.6 cm³/mol. The van der Waals surface area contributed by atoms with Crippen molar-refractivity contribution in [2.24, 2.45) is 11.7 Å². The van der Waals surface area contributed by atoms with Gasteiger partial charge in [-0.25, -0.2) is 5.32 Å². The molecule has 2 rings (SSSR count). The lowest BCUT2D eigenvalue weighted by Crippen LogP contribution is -2.48. The molecule has 0 aliphatic carbocycles. The average molecular weight is 210 g/mol. The quantitative estimate of drug-likeness (QED) is 0.759. The number of nitrogens with zero attached hydrogens (tertiary/aromatic N) is 2. The molecule has 0 bridgehead atoms. The summed E-state index contributed by atoms with van der Waals surface area (Å²) in [5, 5.41) is 4.73. The van der Waals surface area contributed by atoms with Crippen molar-refractivity contribution in [1.82, 2.24) is 10.2 Å². The van der Waals surface area contributed by atoms with E-state index in [1.165, 1.54) is 51.6 Å². The minimum atomic E-state index is 0.553. The molecule has 15 heavy (non-hydrogen) atoms. The molecule has 2 saturated heterocycles. The van der Waals surface area contributed by atoms with Gasteiger partial charge in [0.1, 0.15) is 0 Å². The molecule has 0 aromatic carbocycles. The molecule has 1 atom stereocenters. The average Bonchev–Trinajstić information content (AvgIpc) is 2.32. The fourth-order valence-corrected chi connectivity index (χ4v) is 2.84. The van der Waals surface area contributed by atoms with Crippen LogP contribution >= 0.6 is 0 Å². The Hall–Kier alpha value is -0.120. The SMILES string of the molecule is NCCC1CCN(C2CCCC[N]2)CC1. The van der Waals surface area contributed by atoms with Crippen LogP contribution in [0.25, 0.3) is 0 Å². The topological polar surface area (TPSA) is 43.4 Å². The lowest BCUT2D eigenvalue weighted by atomic mass is 9.93. The smallest absolute Gasteiger partial charge is 0.0760 e. The minimum absolute atomic E-state index is 0.553. The highest BCUT2D eigenvalue weighted by Gasteiger charge is 2.26. The normalized spacial score (nSPS) is 30.6. The lowest BCUT2D eigenvalue weighted by Gasteiger charge is -2.38. The van der Waals surface area contributed by atoms with E-state index in [0.717, 1.165) is 19.0 Å². The van der Waals surface area contributed by atoms with Crippen LogP contribution in [-0.2, 0) is 0 Å². The van der Waals surface area contributed by atoms with Crippen LogP contribution in [0.2, 0.25) is 0 Å². The van der Waals surface area contributed by atoms with Crippen molar-refractivity contribution in [3.8, 4) is 0 Å². The molecule has 0 amide bonds. The van der Waals surface area contributed by atoms with Crippen molar-refractivity contribution < 1.29 is 0 Å². The molecule has 0 spiro atoms. The van der Waals surface area contributed by atoms with Gasteiger partial charge in [-0.15, -0.1) is 0 Å². The van der Waals surface area contributed by atoms with Crippen molar-refractivity contribution >= 4 is 0 Å². The highest BCUT2D eigenvalue weighted by molar-refractivity contribution is 4.79. The Labute approximate surface area is 93.4 Å². The van der Waals surface area contributed by atoms with Crippen molar-refractivity contribution in [2.75, 3.05) is 26.2 Å². The molecule has 2 N–H and O–H groups in total. The minimum Gasteiger partial charge on any atom is -0.330 e. The number of piperidine rings is 2. The number of likely N-dealkylation sites (tertiary alicyclic amines) is 1. The first-order chi connectivity index (χ1) is 7.40. The first-order valence-corrected chi connectivity index (χ1v) is 6.51.